The Bertz CT molecular complexity index is 461. The van der Waals surface area contributed by atoms with E-state index in [1.54, 1.807) is 0 Å². The third-order valence-corrected chi connectivity index (χ3v) is 2.72. The fourth-order valence-electron chi connectivity index (χ4n) is 1.60. The van der Waals surface area contributed by atoms with Gasteiger partial charge in [-0.1, -0.05) is 23.2 Å². The summed E-state index contributed by atoms with van der Waals surface area (Å²) in [6.07, 6.45) is 0.0168. The summed E-state index contributed by atoms with van der Waals surface area (Å²) < 4.78 is 0. The van der Waals surface area contributed by atoms with E-state index in [2.05, 4.69) is 0 Å². The van der Waals surface area contributed by atoms with Crippen molar-refractivity contribution in [1.29, 1.82) is 0 Å². The number of imide groups is 1. The van der Waals surface area contributed by atoms with E-state index in [4.69, 9.17) is 28.9 Å². The van der Waals surface area contributed by atoms with Crippen molar-refractivity contribution in [3.05, 3.63) is 28.2 Å². The summed E-state index contributed by atoms with van der Waals surface area (Å²) in [5, 5.41) is 0.729. The maximum atomic E-state index is 11.6. The maximum Gasteiger partial charge on any atom is 0.251 e. The van der Waals surface area contributed by atoms with E-state index >= 15 is 0 Å². The Morgan fingerprint density at radius 2 is 1.71 bits per heavy atom. The normalized spacial score (nSPS) is 19.5. The highest BCUT2D eigenvalue weighted by molar-refractivity contribution is 8.93. The highest BCUT2D eigenvalue weighted by Crippen LogP contribution is 2.28. The Kier molecular flexibility index (Phi) is 4.55. The van der Waals surface area contributed by atoms with Gasteiger partial charge in [0.15, 0.2) is 0 Å². The Labute approximate surface area is 118 Å². The number of hydrogen-bond acceptors (Lipinski definition) is 3. The fourth-order valence-corrected chi connectivity index (χ4v) is 2.11. The number of rotatable bonds is 1. The summed E-state index contributed by atoms with van der Waals surface area (Å²) in [5.41, 5.74) is 5.86. The maximum absolute atomic E-state index is 11.6. The highest BCUT2D eigenvalue weighted by Gasteiger charge is 2.37. The molecular weight excluding hydrogens is 331 g/mol. The molecule has 17 heavy (non-hydrogen) atoms. The van der Waals surface area contributed by atoms with Crippen molar-refractivity contribution < 1.29 is 9.59 Å². The van der Waals surface area contributed by atoms with E-state index in [1.165, 1.54) is 18.2 Å². The Morgan fingerprint density at radius 1 is 1.18 bits per heavy atom. The number of halogens is 3. The summed E-state index contributed by atoms with van der Waals surface area (Å²) in [4.78, 5) is 24.2. The molecule has 1 aliphatic rings. The molecule has 1 aromatic rings. The van der Waals surface area contributed by atoms with Gasteiger partial charge in [0.2, 0.25) is 5.91 Å². The predicted molar refractivity (Wildman–Crippen MR) is 71.9 cm³/mol. The van der Waals surface area contributed by atoms with Gasteiger partial charge in [0, 0.05) is 10.0 Å². The van der Waals surface area contributed by atoms with Crippen molar-refractivity contribution >= 4 is 57.7 Å². The molecule has 0 saturated carbocycles. The van der Waals surface area contributed by atoms with Crippen molar-refractivity contribution in [2.45, 2.75) is 12.5 Å². The minimum Gasteiger partial charge on any atom is -0.319 e. The van der Waals surface area contributed by atoms with Crippen LogP contribution in [0.4, 0.5) is 5.69 Å². The lowest BCUT2D eigenvalue weighted by Crippen LogP contribution is -2.35. The SMILES string of the molecule is Br.NC1CC(=O)N(c2cc(Cl)cc(Cl)c2)C1=O. The van der Waals surface area contributed by atoms with Crippen LogP contribution >= 0.6 is 40.2 Å². The summed E-state index contributed by atoms with van der Waals surface area (Å²) >= 11 is 11.6. The van der Waals surface area contributed by atoms with E-state index in [9.17, 15) is 9.59 Å². The summed E-state index contributed by atoms with van der Waals surface area (Å²) in [6.45, 7) is 0. The van der Waals surface area contributed by atoms with Gasteiger partial charge in [0.25, 0.3) is 5.91 Å². The average Bonchev–Trinajstić information content (AvgIpc) is 2.39. The molecule has 1 saturated heterocycles. The monoisotopic (exact) mass is 338 g/mol. The largest absolute Gasteiger partial charge is 0.319 e. The number of carbonyl (C=O) groups is 2. The Morgan fingerprint density at radius 3 is 2.12 bits per heavy atom. The van der Waals surface area contributed by atoms with Gasteiger partial charge < -0.3 is 5.73 Å². The number of anilines is 1. The van der Waals surface area contributed by atoms with Gasteiger partial charge in [-0.3, -0.25) is 9.59 Å². The first-order chi connectivity index (χ1) is 7.49. The van der Waals surface area contributed by atoms with Gasteiger partial charge in [0.1, 0.15) is 0 Å². The van der Waals surface area contributed by atoms with E-state index in [-0.39, 0.29) is 29.3 Å². The number of nitrogens with zero attached hydrogens (tertiary/aromatic N) is 1. The topological polar surface area (TPSA) is 63.4 Å². The molecule has 4 nitrogen and oxygen atoms in total. The second kappa shape index (κ2) is 5.35. The van der Waals surface area contributed by atoms with Crippen LogP contribution in [-0.4, -0.2) is 17.9 Å². The second-order valence-electron chi connectivity index (χ2n) is 3.51. The minimum absolute atomic E-state index is 0. The first kappa shape index (κ1) is 14.4. The number of carbonyl (C=O) groups excluding carboxylic acids is 2. The summed E-state index contributed by atoms with van der Waals surface area (Å²) in [6, 6.07) is 3.75. The van der Waals surface area contributed by atoms with Crippen molar-refractivity contribution in [3.8, 4) is 0 Å². The third-order valence-electron chi connectivity index (χ3n) is 2.29. The predicted octanol–water partition coefficient (Wildman–Crippen LogP) is 2.16. The lowest BCUT2D eigenvalue weighted by molar-refractivity contribution is -0.121. The molecule has 92 valence electrons. The van der Waals surface area contributed by atoms with Gasteiger partial charge in [-0.15, -0.1) is 17.0 Å². The lowest BCUT2D eigenvalue weighted by atomic mass is 10.3. The molecule has 2 N–H and O–H groups in total. The van der Waals surface area contributed by atoms with Crippen LogP contribution in [0.2, 0.25) is 10.0 Å². The molecular formula is C10H9BrCl2N2O2. The van der Waals surface area contributed by atoms with Crippen molar-refractivity contribution in [1.82, 2.24) is 0 Å². The zero-order valence-electron chi connectivity index (χ0n) is 8.52. The zero-order valence-corrected chi connectivity index (χ0v) is 11.7. The molecule has 1 unspecified atom stereocenters. The molecule has 1 fully saturated rings. The number of hydrogen-bond donors (Lipinski definition) is 1. The van der Waals surface area contributed by atoms with E-state index in [0.717, 1.165) is 4.90 Å². The van der Waals surface area contributed by atoms with Crippen LogP contribution in [0.1, 0.15) is 6.42 Å². The fraction of sp³-hybridized carbons (Fsp3) is 0.200. The van der Waals surface area contributed by atoms with Gasteiger partial charge in [-0.25, -0.2) is 4.90 Å². The first-order valence-electron chi connectivity index (χ1n) is 4.57. The molecule has 0 aromatic heterocycles. The number of amides is 2. The molecule has 0 bridgehead atoms. The standard InChI is InChI=1S/C10H8Cl2N2O2.BrH/c11-5-1-6(12)3-7(2-5)14-9(15)4-8(13)10(14)16;/h1-3,8H,4,13H2;1H. The van der Waals surface area contributed by atoms with Gasteiger partial charge in [-0.2, -0.15) is 0 Å². The quantitative estimate of drug-likeness (QED) is 0.797. The summed E-state index contributed by atoms with van der Waals surface area (Å²) in [7, 11) is 0. The lowest BCUT2D eigenvalue weighted by Gasteiger charge is -2.14. The van der Waals surface area contributed by atoms with Gasteiger partial charge >= 0.3 is 0 Å². The zero-order chi connectivity index (χ0) is 11.9. The van der Waals surface area contributed by atoms with Crippen molar-refractivity contribution in [3.63, 3.8) is 0 Å². The summed E-state index contributed by atoms with van der Waals surface area (Å²) in [5.74, 6) is -0.765. The van der Waals surface area contributed by atoms with Crippen LogP contribution in [0.25, 0.3) is 0 Å². The Hall–Kier alpha value is -0.620. The molecule has 1 heterocycles. The molecule has 0 spiro atoms. The van der Waals surface area contributed by atoms with Crippen molar-refractivity contribution in [2.75, 3.05) is 4.90 Å². The number of nitrogens with two attached hydrogens (primary N) is 1. The molecule has 7 heteroatoms. The minimum atomic E-state index is -0.773. The highest BCUT2D eigenvalue weighted by atomic mass is 79.9. The smallest absolute Gasteiger partial charge is 0.251 e. The van der Waals surface area contributed by atoms with Crippen LogP contribution in [0.5, 0.6) is 0 Å². The van der Waals surface area contributed by atoms with Crippen LogP contribution in [0.15, 0.2) is 18.2 Å². The molecule has 1 aliphatic heterocycles. The average molecular weight is 340 g/mol. The van der Waals surface area contributed by atoms with Crippen LogP contribution in [0, 0.1) is 0 Å². The van der Waals surface area contributed by atoms with E-state index in [0.29, 0.717) is 15.7 Å². The van der Waals surface area contributed by atoms with Crippen LogP contribution < -0.4 is 10.6 Å². The van der Waals surface area contributed by atoms with Crippen molar-refractivity contribution in [2.24, 2.45) is 5.73 Å². The van der Waals surface area contributed by atoms with Gasteiger partial charge in [-0.05, 0) is 18.2 Å². The molecule has 0 radical (unpaired) electrons. The molecule has 2 rings (SSSR count). The molecule has 0 aliphatic carbocycles. The first-order valence-corrected chi connectivity index (χ1v) is 5.33. The second-order valence-corrected chi connectivity index (χ2v) is 4.38. The Balaban J connectivity index is 0.00000144. The van der Waals surface area contributed by atoms with Crippen LogP contribution in [0.3, 0.4) is 0 Å². The molecule has 1 aromatic carbocycles. The molecule has 1 atom stereocenters. The van der Waals surface area contributed by atoms with Crippen LogP contribution in [-0.2, 0) is 9.59 Å². The molecule has 2 amide bonds. The van der Waals surface area contributed by atoms with E-state index in [1.807, 2.05) is 0 Å². The number of benzene rings is 1. The van der Waals surface area contributed by atoms with Gasteiger partial charge in [0.05, 0.1) is 18.2 Å². The van der Waals surface area contributed by atoms with E-state index < -0.39 is 11.9 Å². The third kappa shape index (κ3) is 2.80.